The van der Waals surface area contributed by atoms with Gasteiger partial charge in [-0.15, -0.1) is 0 Å². The maximum Gasteiger partial charge on any atom is 0.159 e. The van der Waals surface area contributed by atoms with Gasteiger partial charge in [0, 0.05) is 16.8 Å². The molecule has 0 aliphatic heterocycles. The Labute approximate surface area is 111 Å². The molecule has 17 heavy (non-hydrogen) atoms. The predicted octanol–water partition coefficient (Wildman–Crippen LogP) is 3.94. The molecule has 0 aromatic heterocycles. The average Bonchev–Trinajstić information content (AvgIpc) is 2.30. The molecule has 1 atom stereocenters. The lowest BCUT2D eigenvalue weighted by molar-refractivity contribution is 0.101. The third kappa shape index (κ3) is 4.50. The first-order chi connectivity index (χ1) is 8.04. The number of ketones is 1. The molecule has 2 nitrogen and oxygen atoms in total. The molecule has 3 heteroatoms. The highest BCUT2D eigenvalue weighted by atomic mass is 79.9. The van der Waals surface area contributed by atoms with Crippen LogP contribution in [0.2, 0.25) is 0 Å². The molecule has 1 aromatic carbocycles. The number of carbonyl (C=O) groups is 1. The van der Waals surface area contributed by atoms with Gasteiger partial charge in [-0.1, -0.05) is 29.8 Å². The van der Waals surface area contributed by atoms with Crippen LogP contribution in [0.15, 0.2) is 24.3 Å². The first-order valence-corrected chi connectivity index (χ1v) is 6.96. The minimum Gasteiger partial charge on any atom is -0.493 e. The third-order valence-electron chi connectivity index (χ3n) is 2.87. The molecule has 0 saturated heterocycles. The Balaban J connectivity index is 2.55. The second-order valence-electron chi connectivity index (χ2n) is 4.55. The van der Waals surface area contributed by atoms with E-state index in [9.17, 15) is 4.79 Å². The van der Waals surface area contributed by atoms with Crippen LogP contribution in [0.1, 0.15) is 31.1 Å². The van der Waals surface area contributed by atoms with E-state index in [1.807, 2.05) is 12.1 Å². The van der Waals surface area contributed by atoms with Gasteiger partial charge in [-0.25, -0.2) is 0 Å². The molecule has 1 rings (SSSR count). The number of benzene rings is 1. The number of rotatable bonds is 6. The van der Waals surface area contributed by atoms with Gasteiger partial charge in [0.05, 0.1) is 6.61 Å². The van der Waals surface area contributed by atoms with Crippen LogP contribution in [-0.4, -0.2) is 17.7 Å². The molecule has 0 spiro atoms. The summed E-state index contributed by atoms with van der Waals surface area (Å²) in [6, 6.07) is 7.30. The van der Waals surface area contributed by atoms with E-state index in [4.69, 9.17) is 4.74 Å². The second-order valence-corrected chi connectivity index (χ2v) is 5.20. The number of alkyl halides is 1. The van der Waals surface area contributed by atoms with Crippen molar-refractivity contribution in [1.29, 1.82) is 0 Å². The third-order valence-corrected chi connectivity index (χ3v) is 3.70. The van der Waals surface area contributed by atoms with Gasteiger partial charge in [-0.05, 0) is 37.1 Å². The topological polar surface area (TPSA) is 26.3 Å². The van der Waals surface area contributed by atoms with Crippen molar-refractivity contribution >= 4 is 21.7 Å². The van der Waals surface area contributed by atoms with Crippen molar-refractivity contribution < 1.29 is 9.53 Å². The Kier molecular flexibility index (Phi) is 5.69. The van der Waals surface area contributed by atoms with Crippen LogP contribution in [0.3, 0.4) is 0 Å². The van der Waals surface area contributed by atoms with Crippen molar-refractivity contribution in [3.8, 4) is 5.75 Å². The highest BCUT2D eigenvalue weighted by Gasteiger charge is 2.12. The van der Waals surface area contributed by atoms with E-state index in [1.165, 1.54) is 0 Å². The summed E-state index contributed by atoms with van der Waals surface area (Å²) in [7, 11) is 0. The maximum absolute atomic E-state index is 11.1. The van der Waals surface area contributed by atoms with E-state index in [1.54, 1.807) is 19.1 Å². The molecule has 1 unspecified atom stereocenters. The first-order valence-electron chi connectivity index (χ1n) is 5.84. The lowest BCUT2D eigenvalue weighted by Crippen LogP contribution is -2.19. The number of halogens is 1. The summed E-state index contributed by atoms with van der Waals surface area (Å²) < 4.78 is 5.71. The Hall–Kier alpha value is -0.830. The van der Waals surface area contributed by atoms with Gasteiger partial charge in [-0.3, -0.25) is 4.79 Å². The average molecular weight is 299 g/mol. The molecular formula is C14H19BrO2. The van der Waals surface area contributed by atoms with Gasteiger partial charge >= 0.3 is 0 Å². The van der Waals surface area contributed by atoms with Crippen molar-refractivity contribution in [2.75, 3.05) is 11.9 Å². The smallest absolute Gasteiger partial charge is 0.159 e. The zero-order valence-corrected chi connectivity index (χ0v) is 12.2. The fourth-order valence-electron chi connectivity index (χ4n) is 1.40. The van der Waals surface area contributed by atoms with Crippen molar-refractivity contribution in [3.63, 3.8) is 0 Å². The minimum atomic E-state index is 0.0806. The second kappa shape index (κ2) is 6.80. The molecule has 0 radical (unpaired) electrons. The van der Waals surface area contributed by atoms with E-state index in [-0.39, 0.29) is 5.78 Å². The summed E-state index contributed by atoms with van der Waals surface area (Å²) in [6.07, 6.45) is 0. The molecular weight excluding hydrogens is 280 g/mol. The summed E-state index contributed by atoms with van der Waals surface area (Å²) in [5.41, 5.74) is 0.721. The van der Waals surface area contributed by atoms with E-state index in [2.05, 4.69) is 29.8 Å². The Bertz CT molecular complexity index is 357. The Morgan fingerprint density at radius 3 is 2.29 bits per heavy atom. The lowest BCUT2D eigenvalue weighted by Gasteiger charge is -2.18. The van der Waals surface area contributed by atoms with Gasteiger partial charge in [-0.2, -0.15) is 0 Å². The van der Waals surface area contributed by atoms with Crippen molar-refractivity contribution in [2.45, 2.75) is 20.8 Å². The normalized spacial score (nSPS) is 12.5. The fraction of sp³-hybridized carbons (Fsp3) is 0.500. The quantitative estimate of drug-likeness (QED) is 0.587. The molecule has 0 heterocycles. The number of hydrogen-bond acceptors (Lipinski definition) is 2. The maximum atomic E-state index is 11.1. The van der Waals surface area contributed by atoms with E-state index in [0.717, 1.165) is 16.6 Å². The monoisotopic (exact) mass is 298 g/mol. The highest BCUT2D eigenvalue weighted by Crippen LogP contribution is 2.18. The molecule has 0 fully saturated rings. The van der Waals surface area contributed by atoms with Gasteiger partial charge in [0.15, 0.2) is 5.78 Å². The number of ether oxygens (including phenoxy) is 1. The first kappa shape index (κ1) is 14.2. The van der Waals surface area contributed by atoms with Gasteiger partial charge in [0.2, 0.25) is 0 Å². The standard InChI is InChI=1S/C14H19BrO2/c1-10(2)13(8-15)9-17-14-6-4-12(5-7-14)11(3)16/h4-7,10,13H,8-9H2,1-3H3. The van der Waals surface area contributed by atoms with Crippen LogP contribution in [0, 0.1) is 11.8 Å². The van der Waals surface area contributed by atoms with Crippen LogP contribution in [-0.2, 0) is 0 Å². The van der Waals surface area contributed by atoms with E-state index >= 15 is 0 Å². The van der Waals surface area contributed by atoms with Gasteiger partial charge < -0.3 is 4.74 Å². The summed E-state index contributed by atoms with van der Waals surface area (Å²) in [6.45, 7) is 6.64. The molecule has 1 aromatic rings. The molecule has 0 saturated carbocycles. The number of carbonyl (C=O) groups excluding carboxylic acids is 1. The number of hydrogen-bond donors (Lipinski definition) is 0. The van der Waals surface area contributed by atoms with Crippen LogP contribution in [0.5, 0.6) is 5.75 Å². The zero-order chi connectivity index (χ0) is 12.8. The minimum absolute atomic E-state index is 0.0806. The largest absolute Gasteiger partial charge is 0.493 e. The van der Waals surface area contributed by atoms with Crippen molar-refractivity contribution in [3.05, 3.63) is 29.8 Å². The molecule has 0 amide bonds. The van der Waals surface area contributed by atoms with Crippen molar-refractivity contribution in [1.82, 2.24) is 0 Å². The summed E-state index contributed by atoms with van der Waals surface area (Å²) >= 11 is 3.50. The molecule has 0 aliphatic carbocycles. The SMILES string of the molecule is CC(=O)c1ccc(OCC(CBr)C(C)C)cc1. The molecule has 94 valence electrons. The van der Waals surface area contributed by atoms with Crippen molar-refractivity contribution in [2.24, 2.45) is 11.8 Å². The molecule has 0 N–H and O–H groups in total. The lowest BCUT2D eigenvalue weighted by atomic mass is 9.99. The molecule has 0 bridgehead atoms. The van der Waals surface area contributed by atoms with Gasteiger partial charge in [0.25, 0.3) is 0 Å². The predicted molar refractivity (Wildman–Crippen MR) is 74.1 cm³/mol. The fourth-order valence-corrected chi connectivity index (χ4v) is 2.34. The number of Topliss-reactive ketones (excluding diaryl/α,β-unsaturated/α-hetero) is 1. The van der Waals surface area contributed by atoms with Crippen LogP contribution >= 0.6 is 15.9 Å². The van der Waals surface area contributed by atoms with E-state index in [0.29, 0.717) is 18.4 Å². The van der Waals surface area contributed by atoms with E-state index < -0.39 is 0 Å². The van der Waals surface area contributed by atoms with Crippen LogP contribution in [0.25, 0.3) is 0 Å². The van der Waals surface area contributed by atoms with Crippen LogP contribution < -0.4 is 4.74 Å². The summed E-state index contributed by atoms with van der Waals surface area (Å²) in [5.74, 6) is 1.99. The van der Waals surface area contributed by atoms with Gasteiger partial charge in [0.1, 0.15) is 5.75 Å². The molecule has 0 aliphatic rings. The Morgan fingerprint density at radius 2 is 1.88 bits per heavy atom. The van der Waals surface area contributed by atoms with Crippen LogP contribution in [0.4, 0.5) is 0 Å². The summed E-state index contributed by atoms with van der Waals surface area (Å²) in [4.78, 5) is 11.1. The highest BCUT2D eigenvalue weighted by molar-refractivity contribution is 9.09. The Morgan fingerprint density at radius 1 is 1.29 bits per heavy atom. The summed E-state index contributed by atoms with van der Waals surface area (Å²) in [5, 5.41) is 0.941. The zero-order valence-electron chi connectivity index (χ0n) is 10.6.